The van der Waals surface area contributed by atoms with E-state index in [4.69, 9.17) is 10.00 Å². The molecule has 2 N–H and O–H groups in total. The van der Waals surface area contributed by atoms with Crippen molar-refractivity contribution in [1.82, 2.24) is 10.6 Å². The number of ether oxygens (including phenoxy) is 1. The zero-order chi connectivity index (χ0) is 19.9. The van der Waals surface area contributed by atoms with Gasteiger partial charge in [0.15, 0.2) is 6.10 Å². The molecule has 7 nitrogen and oxygen atoms in total. The smallest absolute Gasteiger partial charge is 0.349 e. The van der Waals surface area contributed by atoms with Gasteiger partial charge < -0.3 is 10.1 Å². The molecule has 0 unspecified atom stereocenters. The summed E-state index contributed by atoms with van der Waals surface area (Å²) in [4.78, 5) is 35.7. The van der Waals surface area contributed by atoms with Crippen LogP contribution in [0.2, 0.25) is 0 Å². The molecule has 3 amide bonds. The number of aryl methyl sites for hydroxylation is 1. The Labute approximate surface area is 153 Å². The van der Waals surface area contributed by atoms with E-state index < -0.39 is 29.6 Å². The summed E-state index contributed by atoms with van der Waals surface area (Å²) in [5, 5.41) is 13.8. The van der Waals surface area contributed by atoms with Crippen LogP contribution in [0.5, 0.6) is 0 Å². The van der Waals surface area contributed by atoms with E-state index >= 15 is 0 Å². The number of hydrogen-bond acceptors (Lipinski definition) is 5. The van der Waals surface area contributed by atoms with Gasteiger partial charge in [-0.1, -0.05) is 29.8 Å². The molecular formula is C19H23N3O4. The van der Waals surface area contributed by atoms with Crippen LogP contribution in [0.15, 0.2) is 29.8 Å². The molecule has 138 valence electrons. The third-order valence-corrected chi connectivity index (χ3v) is 3.11. The minimum absolute atomic E-state index is 0.243. The molecule has 0 saturated carbocycles. The maximum absolute atomic E-state index is 12.1. The predicted octanol–water partition coefficient (Wildman–Crippen LogP) is 2.46. The Kier molecular flexibility index (Phi) is 7.08. The molecule has 26 heavy (non-hydrogen) atoms. The van der Waals surface area contributed by atoms with Crippen LogP contribution in [0.4, 0.5) is 4.79 Å². The van der Waals surface area contributed by atoms with E-state index in [-0.39, 0.29) is 5.57 Å². The molecular weight excluding hydrogens is 334 g/mol. The number of carbonyl (C=O) groups excluding carboxylic acids is 3. The molecule has 0 saturated heterocycles. The lowest BCUT2D eigenvalue weighted by molar-refractivity contribution is -0.150. The average molecular weight is 357 g/mol. The zero-order valence-corrected chi connectivity index (χ0v) is 15.5. The van der Waals surface area contributed by atoms with Crippen molar-refractivity contribution >= 4 is 24.0 Å². The molecule has 0 radical (unpaired) electrons. The maximum atomic E-state index is 12.1. The number of nitrogens with one attached hydrogen (secondary N) is 2. The molecule has 0 aliphatic heterocycles. The van der Waals surface area contributed by atoms with Gasteiger partial charge in [-0.25, -0.2) is 9.59 Å². The molecule has 1 aromatic rings. The summed E-state index contributed by atoms with van der Waals surface area (Å²) in [5.41, 5.74) is 0.940. The van der Waals surface area contributed by atoms with E-state index in [9.17, 15) is 14.4 Å². The lowest BCUT2D eigenvalue weighted by atomic mass is 10.1. The zero-order valence-electron chi connectivity index (χ0n) is 15.5. The first kappa shape index (κ1) is 20.9. The Morgan fingerprint density at radius 1 is 1.19 bits per heavy atom. The second kappa shape index (κ2) is 8.81. The van der Waals surface area contributed by atoms with Crippen molar-refractivity contribution in [3.63, 3.8) is 0 Å². The molecule has 1 atom stereocenters. The molecule has 1 aromatic carbocycles. The summed E-state index contributed by atoms with van der Waals surface area (Å²) in [6, 6.07) is 8.26. The first-order valence-corrected chi connectivity index (χ1v) is 8.04. The number of urea groups is 1. The van der Waals surface area contributed by atoms with Crippen LogP contribution in [-0.4, -0.2) is 29.6 Å². The van der Waals surface area contributed by atoms with Gasteiger partial charge in [0, 0.05) is 5.54 Å². The van der Waals surface area contributed by atoms with Gasteiger partial charge in [-0.15, -0.1) is 0 Å². The number of carbonyl (C=O) groups is 3. The fourth-order valence-corrected chi connectivity index (χ4v) is 1.83. The summed E-state index contributed by atoms with van der Waals surface area (Å²) >= 11 is 0. The molecule has 0 aliphatic rings. The summed E-state index contributed by atoms with van der Waals surface area (Å²) in [5.74, 6) is -1.72. The van der Waals surface area contributed by atoms with Gasteiger partial charge in [0.25, 0.3) is 5.91 Å². The van der Waals surface area contributed by atoms with Crippen molar-refractivity contribution in [1.29, 1.82) is 5.26 Å². The summed E-state index contributed by atoms with van der Waals surface area (Å²) in [6.07, 6.45) is 0.140. The highest BCUT2D eigenvalue weighted by Crippen LogP contribution is 2.10. The maximum Gasteiger partial charge on any atom is 0.349 e. The Bertz CT molecular complexity index is 752. The predicted molar refractivity (Wildman–Crippen MR) is 96.8 cm³/mol. The van der Waals surface area contributed by atoms with Crippen molar-refractivity contribution in [3.8, 4) is 6.07 Å². The van der Waals surface area contributed by atoms with Crippen molar-refractivity contribution < 1.29 is 19.1 Å². The van der Waals surface area contributed by atoms with E-state index in [1.54, 1.807) is 39.0 Å². The van der Waals surface area contributed by atoms with E-state index in [0.29, 0.717) is 5.56 Å². The first-order chi connectivity index (χ1) is 12.0. The average Bonchev–Trinajstić information content (AvgIpc) is 2.52. The molecule has 7 heteroatoms. The standard InChI is InChI=1S/C19H23N3O4/c1-12-6-8-14(9-7-12)10-15(11-20)17(24)26-13(2)16(23)21-18(25)22-19(3,4)5/h6-10,13H,1-5H3,(H2,21,22,23,25)/b15-10+/t13-/m1/s1. The topological polar surface area (TPSA) is 108 Å². The Morgan fingerprint density at radius 3 is 2.27 bits per heavy atom. The SMILES string of the molecule is Cc1ccc(/C=C(\C#N)C(=O)O[C@H](C)C(=O)NC(=O)NC(C)(C)C)cc1. The fraction of sp³-hybridized carbons (Fsp3) is 0.368. The number of amides is 3. The van der Waals surface area contributed by atoms with Crippen LogP contribution < -0.4 is 10.6 Å². The van der Waals surface area contributed by atoms with Crippen molar-refractivity contribution in [2.45, 2.75) is 46.3 Å². The molecule has 0 bridgehead atoms. The van der Waals surface area contributed by atoms with Crippen LogP contribution in [-0.2, 0) is 14.3 Å². The third kappa shape index (κ3) is 7.18. The minimum atomic E-state index is -1.23. The number of benzene rings is 1. The highest BCUT2D eigenvalue weighted by molar-refractivity contribution is 6.01. The first-order valence-electron chi connectivity index (χ1n) is 8.04. The normalized spacial score (nSPS) is 12.5. The Morgan fingerprint density at radius 2 is 1.77 bits per heavy atom. The van der Waals surface area contributed by atoms with Crippen LogP contribution in [0.3, 0.4) is 0 Å². The molecule has 0 heterocycles. The molecule has 0 fully saturated rings. The van der Waals surface area contributed by atoms with Gasteiger partial charge in [-0.2, -0.15) is 5.26 Å². The van der Waals surface area contributed by atoms with E-state index in [1.165, 1.54) is 13.0 Å². The van der Waals surface area contributed by atoms with Gasteiger partial charge in [-0.3, -0.25) is 10.1 Å². The van der Waals surface area contributed by atoms with Gasteiger partial charge >= 0.3 is 12.0 Å². The largest absolute Gasteiger partial charge is 0.448 e. The van der Waals surface area contributed by atoms with Gasteiger partial charge in [0.2, 0.25) is 0 Å². The quantitative estimate of drug-likeness (QED) is 0.489. The van der Waals surface area contributed by atoms with E-state index in [0.717, 1.165) is 5.56 Å². The number of esters is 1. The second-order valence-corrected chi connectivity index (χ2v) is 6.82. The molecule has 0 spiro atoms. The lowest BCUT2D eigenvalue weighted by Gasteiger charge is -2.21. The number of imide groups is 1. The van der Waals surface area contributed by atoms with Gasteiger partial charge in [-0.05, 0) is 46.3 Å². The molecule has 1 rings (SSSR count). The second-order valence-electron chi connectivity index (χ2n) is 6.82. The Hall–Kier alpha value is -3.14. The number of nitriles is 1. The molecule has 0 aromatic heterocycles. The van der Waals surface area contributed by atoms with Gasteiger partial charge in [0.05, 0.1) is 0 Å². The van der Waals surface area contributed by atoms with Crippen LogP contribution in [0.25, 0.3) is 6.08 Å². The van der Waals surface area contributed by atoms with Crippen LogP contribution >= 0.6 is 0 Å². The van der Waals surface area contributed by atoms with Gasteiger partial charge in [0.1, 0.15) is 11.6 Å². The van der Waals surface area contributed by atoms with Crippen molar-refractivity contribution in [3.05, 3.63) is 41.0 Å². The van der Waals surface area contributed by atoms with E-state index in [1.807, 2.05) is 19.1 Å². The fourth-order valence-electron chi connectivity index (χ4n) is 1.83. The number of hydrogen-bond donors (Lipinski definition) is 2. The number of rotatable bonds is 4. The van der Waals surface area contributed by atoms with Crippen molar-refractivity contribution in [2.24, 2.45) is 0 Å². The third-order valence-electron chi connectivity index (χ3n) is 3.11. The monoisotopic (exact) mass is 357 g/mol. The summed E-state index contributed by atoms with van der Waals surface area (Å²) < 4.78 is 4.97. The Balaban J connectivity index is 2.72. The number of nitrogens with zero attached hydrogens (tertiary/aromatic N) is 1. The van der Waals surface area contributed by atoms with E-state index in [2.05, 4.69) is 10.6 Å². The van der Waals surface area contributed by atoms with Crippen LogP contribution in [0.1, 0.15) is 38.8 Å². The summed E-state index contributed by atoms with van der Waals surface area (Å²) in [7, 11) is 0. The minimum Gasteiger partial charge on any atom is -0.448 e. The lowest BCUT2D eigenvalue weighted by Crippen LogP contribution is -2.50. The van der Waals surface area contributed by atoms with Crippen molar-refractivity contribution in [2.75, 3.05) is 0 Å². The highest BCUT2D eigenvalue weighted by atomic mass is 16.5. The summed E-state index contributed by atoms with van der Waals surface area (Å²) in [6.45, 7) is 8.52. The van der Waals surface area contributed by atoms with Crippen LogP contribution in [0, 0.1) is 18.3 Å². The molecule has 0 aliphatic carbocycles. The highest BCUT2D eigenvalue weighted by Gasteiger charge is 2.23.